The Bertz CT molecular complexity index is 756. The van der Waals surface area contributed by atoms with Gasteiger partial charge in [0.15, 0.2) is 5.78 Å². The first-order valence-electron chi connectivity index (χ1n) is 11.7. The maximum Gasteiger partial charge on any atom is 0.242 e. The van der Waals surface area contributed by atoms with Crippen molar-refractivity contribution in [3.8, 4) is 0 Å². The van der Waals surface area contributed by atoms with Gasteiger partial charge >= 0.3 is 0 Å². The fourth-order valence-corrected chi connectivity index (χ4v) is 3.25. The third-order valence-corrected chi connectivity index (χ3v) is 5.27. The van der Waals surface area contributed by atoms with Gasteiger partial charge in [0.1, 0.15) is 12.1 Å². The van der Waals surface area contributed by atoms with E-state index in [1.807, 2.05) is 6.07 Å². The minimum absolute atomic E-state index is 0.185. The number of nitrogens with one attached hydrogen (secondary N) is 3. The van der Waals surface area contributed by atoms with Gasteiger partial charge in [-0.2, -0.15) is 0 Å². The predicted octanol–water partition coefficient (Wildman–Crippen LogP) is 1.01. The van der Waals surface area contributed by atoms with Crippen LogP contribution in [0, 0.1) is 0 Å². The second kappa shape index (κ2) is 15.9. The fraction of sp³-hybridized carbons (Fsp3) is 0.583. The summed E-state index contributed by atoms with van der Waals surface area (Å²) in [6.45, 7) is 4.19. The second-order valence-electron chi connectivity index (χ2n) is 8.19. The fourth-order valence-electron chi connectivity index (χ4n) is 3.25. The van der Waals surface area contributed by atoms with Gasteiger partial charge in [0.05, 0.1) is 6.04 Å². The van der Waals surface area contributed by atoms with E-state index in [2.05, 4.69) is 16.0 Å². The molecule has 3 atom stereocenters. The molecule has 0 aromatic heterocycles. The molecule has 0 saturated carbocycles. The van der Waals surface area contributed by atoms with Crippen LogP contribution in [0.1, 0.15) is 69.2 Å². The smallest absolute Gasteiger partial charge is 0.242 e. The van der Waals surface area contributed by atoms with Crippen LogP contribution < -0.4 is 27.4 Å². The monoisotopic (exact) mass is 461 g/mol. The third-order valence-electron chi connectivity index (χ3n) is 5.27. The van der Waals surface area contributed by atoms with Crippen LogP contribution in [-0.4, -0.2) is 54.7 Å². The Hall–Kier alpha value is -2.78. The number of unbranched alkanes of at least 4 members (excludes halogenated alkanes) is 3. The molecule has 0 radical (unpaired) electrons. The molecule has 9 heteroatoms. The van der Waals surface area contributed by atoms with Crippen molar-refractivity contribution < 1.29 is 19.2 Å². The number of amides is 3. The minimum Gasteiger partial charge on any atom is -0.345 e. The highest BCUT2D eigenvalue weighted by atomic mass is 16.2. The summed E-state index contributed by atoms with van der Waals surface area (Å²) in [5.74, 6) is -1.34. The zero-order valence-electron chi connectivity index (χ0n) is 19.8. The number of hydrogen-bond donors (Lipinski definition) is 5. The van der Waals surface area contributed by atoms with Crippen LogP contribution in [0.3, 0.4) is 0 Å². The average molecular weight is 462 g/mol. The van der Waals surface area contributed by atoms with Crippen LogP contribution in [-0.2, 0) is 14.4 Å². The average Bonchev–Trinajstić information content (AvgIpc) is 2.81. The summed E-state index contributed by atoms with van der Waals surface area (Å²) in [4.78, 5) is 50.0. The van der Waals surface area contributed by atoms with Crippen LogP contribution in [0.25, 0.3) is 0 Å². The van der Waals surface area contributed by atoms with Crippen molar-refractivity contribution in [2.24, 2.45) is 11.5 Å². The molecular formula is C24H39N5O4. The first-order chi connectivity index (χ1) is 15.8. The summed E-state index contributed by atoms with van der Waals surface area (Å²) in [5.41, 5.74) is 11.5. The van der Waals surface area contributed by atoms with Gasteiger partial charge in [0.2, 0.25) is 17.7 Å². The molecule has 1 aromatic carbocycles. The lowest BCUT2D eigenvalue weighted by Gasteiger charge is -2.22. The van der Waals surface area contributed by atoms with Gasteiger partial charge in [-0.1, -0.05) is 36.8 Å². The zero-order valence-corrected chi connectivity index (χ0v) is 19.8. The van der Waals surface area contributed by atoms with Crippen molar-refractivity contribution >= 4 is 23.5 Å². The SMILES string of the molecule is C[C@H](NC(=O)CCCCCN)C(=O)N[C@@H](C)C(=O)N[C@@H](CCCCN)C(=O)c1ccccc1. The molecular weight excluding hydrogens is 422 g/mol. The van der Waals surface area contributed by atoms with E-state index >= 15 is 0 Å². The van der Waals surface area contributed by atoms with Crippen molar-refractivity contribution in [3.05, 3.63) is 35.9 Å². The van der Waals surface area contributed by atoms with E-state index in [1.54, 1.807) is 38.1 Å². The molecule has 0 heterocycles. The third kappa shape index (κ3) is 11.1. The Kier molecular flexibility index (Phi) is 13.6. The maximum absolute atomic E-state index is 12.9. The molecule has 0 aliphatic heterocycles. The molecule has 0 unspecified atom stereocenters. The van der Waals surface area contributed by atoms with Gasteiger partial charge in [0, 0.05) is 12.0 Å². The molecule has 0 saturated heterocycles. The molecule has 0 aliphatic rings. The maximum atomic E-state index is 12.9. The van der Waals surface area contributed by atoms with E-state index in [0.29, 0.717) is 44.3 Å². The summed E-state index contributed by atoms with van der Waals surface area (Å²) in [6, 6.07) is 6.39. The molecule has 9 nitrogen and oxygen atoms in total. The van der Waals surface area contributed by atoms with Crippen molar-refractivity contribution in [1.29, 1.82) is 0 Å². The molecule has 0 bridgehead atoms. The van der Waals surface area contributed by atoms with E-state index in [1.165, 1.54) is 0 Å². The standard InChI is InChI=1S/C24H39N5O4/c1-17(27-21(30)14-7-4-9-15-25)23(32)28-18(2)24(33)29-20(13-8-10-16-26)22(31)19-11-5-3-6-12-19/h3,5-6,11-12,17-18,20H,4,7-10,13-16,25-26H2,1-2H3,(H,27,30)(H,28,32)(H,29,33)/t17-,18-,20-/m0/s1. The van der Waals surface area contributed by atoms with Gasteiger partial charge in [-0.3, -0.25) is 19.2 Å². The number of ketones is 1. The number of Topliss-reactive ketones (excluding diaryl/α,β-unsaturated/α-hetero) is 1. The second-order valence-corrected chi connectivity index (χ2v) is 8.19. The highest BCUT2D eigenvalue weighted by molar-refractivity contribution is 6.02. The van der Waals surface area contributed by atoms with E-state index in [9.17, 15) is 19.2 Å². The molecule has 0 fully saturated rings. The minimum atomic E-state index is -0.873. The van der Waals surface area contributed by atoms with Gasteiger partial charge < -0.3 is 27.4 Å². The van der Waals surface area contributed by atoms with E-state index < -0.39 is 29.9 Å². The molecule has 0 aliphatic carbocycles. The number of carbonyl (C=O) groups is 4. The number of carbonyl (C=O) groups excluding carboxylic acids is 4. The topological polar surface area (TPSA) is 156 Å². The van der Waals surface area contributed by atoms with Crippen molar-refractivity contribution in [1.82, 2.24) is 16.0 Å². The summed E-state index contributed by atoms with van der Waals surface area (Å²) in [6.07, 6.45) is 4.62. The summed E-state index contributed by atoms with van der Waals surface area (Å²) in [7, 11) is 0. The van der Waals surface area contributed by atoms with Gasteiger partial charge in [-0.05, 0) is 59.0 Å². The quantitative estimate of drug-likeness (QED) is 0.183. The lowest BCUT2D eigenvalue weighted by Crippen LogP contribution is -2.54. The molecule has 1 aromatic rings. The van der Waals surface area contributed by atoms with Gasteiger partial charge in [-0.15, -0.1) is 0 Å². The molecule has 0 spiro atoms. The van der Waals surface area contributed by atoms with Crippen LogP contribution in [0.5, 0.6) is 0 Å². The lowest BCUT2D eigenvalue weighted by atomic mass is 9.99. The van der Waals surface area contributed by atoms with Crippen molar-refractivity contribution in [2.75, 3.05) is 13.1 Å². The Morgan fingerprint density at radius 1 is 0.758 bits per heavy atom. The number of hydrogen-bond acceptors (Lipinski definition) is 6. The summed E-state index contributed by atoms with van der Waals surface area (Å²) in [5, 5.41) is 7.99. The normalized spacial score (nSPS) is 13.5. The molecule has 7 N–H and O–H groups in total. The summed E-state index contributed by atoms with van der Waals surface area (Å²) < 4.78 is 0. The van der Waals surface area contributed by atoms with Crippen LogP contribution in [0.15, 0.2) is 30.3 Å². The van der Waals surface area contributed by atoms with Crippen molar-refractivity contribution in [3.63, 3.8) is 0 Å². The van der Waals surface area contributed by atoms with Gasteiger partial charge in [0.25, 0.3) is 0 Å². The Labute approximate surface area is 196 Å². The number of nitrogens with two attached hydrogens (primary N) is 2. The molecule has 1 rings (SSSR count). The number of benzene rings is 1. The first-order valence-corrected chi connectivity index (χ1v) is 11.7. The van der Waals surface area contributed by atoms with E-state index in [-0.39, 0.29) is 11.7 Å². The predicted molar refractivity (Wildman–Crippen MR) is 128 cm³/mol. The Morgan fingerprint density at radius 2 is 1.33 bits per heavy atom. The largest absolute Gasteiger partial charge is 0.345 e. The highest BCUT2D eigenvalue weighted by Gasteiger charge is 2.26. The van der Waals surface area contributed by atoms with Crippen LogP contribution in [0.2, 0.25) is 0 Å². The van der Waals surface area contributed by atoms with Crippen LogP contribution in [0.4, 0.5) is 0 Å². The van der Waals surface area contributed by atoms with E-state index in [0.717, 1.165) is 19.3 Å². The zero-order chi connectivity index (χ0) is 24.6. The van der Waals surface area contributed by atoms with Crippen LogP contribution >= 0.6 is 0 Å². The number of rotatable bonds is 16. The Balaban J connectivity index is 2.61. The van der Waals surface area contributed by atoms with Gasteiger partial charge in [-0.25, -0.2) is 0 Å². The molecule has 184 valence electrons. The lowest BCUT2D eigenvalue weighted by molar-refractivity contribution is -0.131. The van der Waals surface area contributed by atoms with Crippen molar-refractivity contribution in [2.45, 2.75) is 76.9 Å². The molecule has 33 heavy (non-hydrogen) atoms. The molecule has 3 amide bonds. The Morgan fingerprint density at radius 3 is 1.97 bits per heavy atom. The highest BCUT2D eigenvalue weighted by Crippen LogP contribution is 2.10. The summed E-state index contributed by atoms with van der Waals surface area (Å²) >= 11 is 0. The first kappa shape index (κ1) is 28.3. The van der Waals surface area contributed by atoms with E-state index in [4.69, 9.17) is 11.5 Å².